The molecule has 1 aliphatic rings. The van der Waals surface area contributed by atoms with E-state index in [4.69, 9.17) is 10.5 Å². The van der Waals surface area contributed by atoms with Gasteiger partial charge >= 0.3 is 0 Å². The number of nitrogens with two attached hydrogens (primary N) is 1. The molecule has 0 spiro atoms. The molecular formula is C12H20N2O3S2. The summed E-state index contributed by atoms with van der Waals surface area (Å²) < 4.78 is 32.9. The molecule has 0 atom stereocenters. The molecule has 19 heavy (non-hydrogen) atoms. The summed E-state index contributed by atoms with van der Waals surface area (Å²) in [5, 5.41) is 0. The van der Waals surface area contributed by atoms with Gasteiger partial charge in [0.05, 0.1) is 6.10 Å². The molecule has 3 N–H and O–H groups in total. The lowest BCUT2D eigenvalue weighted by Crippen LogP contribution is -2.47. The molecule has 1 heterocycles. The Morgan fingerprint density at radius 1 is 1.53 bits per heavy atom. The third-order valence-corrected chi connectivity index (χ3v) is 6.52. The molecule has 0 saturated heterocycles. The van der Waals surface area contributed by atoms with Crippen LogP contribution in [0.3, 0.4) is 0 Å². The van der Waals surface area contributed by atoms with E-state index in [1.54, 1.807) is 6.07 Å². The minimum Gasteiger partial charge on any atom is -0.378 e. The van der Waals surface area contributed by atoms with Gasteiger partial charge in [-0.3, -0.25) is 0 Å². The van der Waals surface area contributed by atoms with E-state index < -0.39 is 10.0 Å². The van der Waals surface area contributed by atoms with Crippen LogP contribution in [-0.2, 0) is 21.3 Å². The molecule has 0 unspecified atom stereocenters. The summed E-state index contributed by atoms with van der Waals surface area (Å²) in [6.07, 6.45) is 1.70. The lowest BCUT2D eigenvalue weighted by atomic mass is 9.90. The molecule has 0 aliphatic heterocycles. The second kappa shape index (κ2) is 5.88. The van der Waals surface area contributed by atoms with Crippen LogP contribution < -0.4 is 10.5 Å². The second-order valence-corrected chi connectivity index (χ2v) is 7.82. The molecule has 1 aliphatic carbocycles. The average molecular weight is 304 g/mol. The van der Waals surface area contributed by atoms with E-state index in [-0.39, 0.29) is 12.1 Å². The van der Waals surface area contributed by atoms with E-state index >= 15 is 0 Å². The maximum atomic E-state index is 12.2. The summed E-state index contributed by atoms with van der Waals surface area (Å²) in [6.45, 7) is 4.88. The summed E-state index contributed by atoms with van der Waals surface area (Å²) in [5.41, 5.74) is 6.51. The fourth-order valence-corrected chi connectivity index (χ4v) is 4.88. The van der Waals surface area contributed by atoms with Gasteiger partial charge in [-0.15, -0.1) is 11.3 Å². The SMILES string of the molecule is CCOC1CC(NS(=O)(=O)c2cc(C)c(CN)s2)C1. The first kappa shape index (κ1) is 14.9. The molecule has 2 rings (SSSR count). The van der Waals surface area contributed by atoms with E-state index in [1.165, 1.54) is 11.3 Å². The second-order valence-electron chi connectivity index (χ2n) is 4.74. The topological polar surface area (TPSA) is 81.4 Å². The Morgan fingerprint density at radius 3 is 2.74 bits per heavy atom. The van der Waals surface area contributed by atoms with Crippen molar-refractivity contribution in [2.24, 2.45) is 5.73 Å². The number of sulfonamides is 1. The lowest BCUT2D eigenvalue weighted by Gasteiger charge is -2.34. The molecule has 0 radical (unpaired) electrons. The van der Waals surface area contributed by atoms with Crippen LogP contribution >= 0.6 is 11.3 Å². The van der Waals surface area contributed by atoms with Crippen molar-refractivity contribution in [3.05, 3.63) is 16.5 Å². The van der Waals surface area contributed by atoms with Crippen molar-refractivity contribution in [3.8, 4) is 0 Å². The molecule has 0 amide bonds. The number of ether oxygens (including phenoxy) is 1. The first-order valence-corrected chi connectivity index (χ1v) is 8.69. The Hall–Kier alpha value is -0.470. The smallest absolute Gasteiger partial charge is 0.250 e. The van der Waals surface area contributed by atoms with Crippen LogP contribution in [0.1, 0.15) is 30.2 Å². The van der Waals surface area contributed by atoms with Gasteiger partial charge in [-0.25, -0.2) is 13.1 Å². The highest BCUT2D eigenvalue weighted by molar-refractivity contribution is 7.91. The Morgan fingerprint density at radius 2 is 2.21 bits per heavy atom. The zero-order valence-electron chi connectivity index (χ0n) is 11.2. The van der Waals surface area contributed by atoms with Crippen LogP contribution in [0, 0.1) is 6.92 Å². The van der Waals surface area contributed by atoms with Crippen molar-refractivity contribution in [1.29, 1.82) is 0 Å². The third-order valence-electron chi connectivity index (χ3n) is 3.27. The van der Waals surface area contributed by atoms with Crippen molar-refractivity contribution in [3.63, 3.8) is 0 Å². The van der Waals surface area contributed by atoms with Crippen molar-refractivity contribution in [1.82, 2.24) is 4.72 Å². The van der Waals surface area contributed by atoms with Gasteiger partial charge in [0.25, 0.3) is 0 Å². The van der Waals surface area contributed by atoms with Gasteiger partial charge in [-0.05, 0) is 38.3 Å². The molecule has 7 heteroatoms. The highest BCUT2D eigenvalue weighted by Gasteiger charge is 2.33. The molecule has 1 aromatic rings. The van der Waals surface area contributed by atoms with Gasteiger partial charge in [-0.1, -0.05) is 0 Å². The van der Waals surface area contributed by atoms with Crippen molar-refractivity contribution >= 4 is 21.4 Å². The van der Waals surface area contributed by atoms with E-state index in [9.17, 15) is 8.42 Å². The fraction of sp³-hybridized carbons (Fsp3) is 0.667. The van der Waals surface area contributed by atoms with Gasteiger partial charge < -0.3 is 10.5 Å². The van der Waals surface area contributed by atoms with E-state index in [2.05, 4.69) is 4.72 Å². The molecule has 1 aromatic heterocycles. The Bertz CT molecular complexity index is 533. The number of hydrogen-bond acceptors (Lipinski definition) is 5. The predicted molar refractivity (Wildman–Crippen MR) is 75.7 cm³/mol. The maximum absolute atomic E-state index is 12.2. The maximum Gasteiger partial charge on any atom is 0.250 e. The van der Waals surface area contributed by atoms with Crippen LogP contribution in [0.15, 0.2) is 10.3 Å². The van der Waals surface area contributed by atoms with Crippen LogP contribution in [0.5, 0.6) is 0 Å². The van der Waals surface area contributed by atoms with E-state index in [0.29, 0.717) is 17.4 Å². The summed E-state index contributed by atoms with van der Waals surface area (Å²) in [4.78, 5) is 0.918. The molecule has 1 fully saturated rings. The highest BCUT2D eigenvalue weighted by Crippen LogP contribution is 2.29. The van der Waals surface area contributed by atoms with Gasteiger partial charge in [0.2, 0.25) is 10.0 Å². The predicted octanol–water partition coefficient (Wildman–Crippen LogP) is 1.36. The average Bonchev–Trinajstić information content (AvgIpc) is 2.68. The minimum absolute atomic E-state index is 0.00900. The molecule has 0 aromatic carbocycles. The number of aryl methyl sites for hydroxylation is 1. The number of rotatable bonds is 6. The Balaban J connectivity index is 1.99. The third kappa shape index (κ3) is 3.35. The van der Waals surface area contributed by atoms with Crippen molar-refractivity contribution in [2.75, 3.05) is 6.61 Å². The van der Waals surface area contributed by atoms with Crippen LogP contribution in [0.2, 0.25) is 0 Å². The zero-order valence-corrected chi connectivity index (χ0v) is 12.8. The van der Waals surface area contributed by atoms with Crippen molar-refractivity contribution < 1.29 is 13.2 Å². The Labute approximate surface area is 118 Å². The quantitative estimate of drug-likeness (QED) is 0.831. The van der Waals surface area contributed by atoms with E-state index in [0.717, 1.165) is 23.3 Å². The summed E-state index contributed by atoms with van der Waals surface area (Å²) in [6, 6.07) is 1.68. The standard InChI is InChI=1S/C12H20N2O3S2/c1-3-17-10-5-9(6-10)14-19(15,16)12-4-8(2)11(7-13)18-12/h4,9-10,14H,3,5-7,13H2,1-2H3. The minimum atomic E-state index is -3.41. The van der Waals surface area contributed by atoms with Crippen LogP contribution in [0.25, 0.3) is 0 Å². The molecule has 108 valence electrons. The largest absolute Gasteiger partial charge is 0.378 e. The highest BCUT2D eigenvalue weighted by atomic mass is 32.2. The van der Waals surface area contributed by atoms with Gasteiger partial charge in [-0.2, -0.15) is 0 Å². The number of thiophene rings is 1. The molecule has 5 nitrogen and oxygen atoms in total. The van der Waals surface area contributed by atoms with Gasteiger partial charge in [0.1, 0.15) is 4.21 Å². The van der Waals surface area contributed by atoms with Gasteiger partial charge in [0.15, 0.2) is 0 Å². The van der Waals surface area contributed by atoms with E-state index in [1.807, 2.05) is 13.8 Å². The zero-order chi connectivity index (χ0) is 14.0. The number of hydrogen-bond donors (Lipinski definition) is 2. The first-order valence-electron chi connectivity index (χ1n) is 6.39. The normalized spacial score (nSPS) is 23.3. The molecule has 1 saturated carbocycles. The van der Waals surface area contributed by atoms with Crippen LogP contribution in [0.4, 0.5) is 0 Å². The molecular weight excluding hydrogens is 284 g/mol. The Kier molecular flexibility index (Phi) is 4.62. The van der Waals surface area contributed by atoms with Crippen LogP contribution in [-0.4, -0.2) is 27.2 Å². The first-order chi connectivity index (χ1) is 8.96. The summed E-state index contributed by atoms with van der Waals surface area (Å²) in [7, 11) is -3.41. The number of nitrogens with one attached hydrogen (secondary N) is 1. The fourth-order valence-electron chi connectivity index (χ4n) is 2.13. The monoisotopic (exact) mass is 304 g/mol. The van der Waals surface area contributed by atoms with Crippen molar-refractivity contribution in [2.45, 2.75) is 49.6 Å². The van der Waals surface area contributed by atoms with Gasteiger partial charge in [0, 0.05) is 24.1 Å². The molecule has 0 bridgehead atoms. The summed E-state index contributed by atoms with van der Waals surface area (Å²) >= 11 is 1.25. The summed E-state index contributed by atoms with van der Waals surface area (Å²) in [5.74, 6) is 0. The lowest BCUT2D eigenvalue weighted by molar-refractivity contribution is -0.00474.